The van der Waals surface area contributed by atoms with E-state index in [1.165, 1.54) is 33.0 Å². The van der Waals surface area contributed by atoms with Gasteiger partial charge in [0.25, 0.3) is 0 Å². The second kappa shape index (κ2) is 26.6. The summed E-state index contributed by atoms with van der Waals surface area (Å²) in [6, 6.07) is 41.9. The van der Waals surface area contributed by atoms with Crippen LogP contribution in [0.4, 0.5) is 0 Å². The van der Waals surface area contributed by atoms with Gasteiger partial charge in [0.1, 0.15) is 23.0 Å². The molecule has 0 aromatic heterocycles. The SMILES string of the molecule is COc1cccc(CCCCCOc2ccc(CNCCCO[PH](=O)OCCCNCc3ccc(OCCCCCc4cccc(OC)c4)c4ccccc34)c3ccccc23)c1. The Labute approximate surface area is 369 Å². The van der Waals surface area contributed by atoms with E-state index < -0.39 is 8.25 Å². The van der Waals surface area contributed by atoms with Gasteiger partial charge in [0, 0.05) is 23.9 Å². The van der Waals surface area contributed by atoms with E-state index in [-0.39, 0.29) is 0 Å². The molecule has 0 aliphatic heterocycles. The van der Waals surface area contributed by atoms with Crippen molar-refractivity contribution in [1.82, 2.24) is 10.6 Å². The fourth-order valence-electron chi connectivity index (χ4n) is 7.66. The van der Waals surface area contributed by atoms with Crippen LogP contribution in [0.25, 0.3) is 21.5 Å². The van der Waals surface area contributed by atoms with Crippen molar-refractivity contribution in [1.29, 1.82) is 0 Å². The molecule has 0 amide bonds. The van der Waals surface area contributed by atoms with Gasteiger partial charge in [0.2, 0.25) is 0 Å². The highest BCUT2D eigenvalue weighted by molar-refractivity contribution is 7.33. The van der Waals surface area contributed by atoms with Gasteiger partial charge in [-0.3, -0.25) is 4.57 Å². The highest BCUT2D eigenvalue weighted by Crippen LogP contribution is 2.31. The first-order chi connectivity index (χ1) is 30.6. The maximum atomic E-state index is 12.4. The van der Waals surface area contributed by atoms with Gasteiger partial charge >= 0.3 is 8.25 Å². The molecule has 0 bridgehead atoms. The average Bonchev–Trinajstić information content (AvgIpc) is 3.31. The number of benzene rings is 6. The van der Waals surface area contributed by atoms with Gasteiger partial charge in [-0.1, -0.05) is 84.9 Å². The number of fused-ring (bicyclic) bond motifs is 2. The summed E-state index contributed by atoms with van der Waals surface area (Å²) in [4.78, 5) is 0. The Morgan fingerprint density at radius 2 is 0.903 bits per heavy atom. The lowest BCUT2D eigenvalue weighted by molar-refractivity contribution is 0.220. The molecule has 0 radical (unpaired) electrons. The summed E-state index contributed by atoms with van der Waals surface area (Å²) in [5.74, 6) is 3.68. The van der Waals surface area contributed by atoms with Crippen molar-refractivity contribution >= 4 is 29.8 Å². The van der Waals surface area contributed by atoms with Crippen LogP contribution in [-0.2, 0) is 39.5 Å². The Balaban J connectivity index is 0.798. The quantitative estimate of drug-likeness (QED) is 0.0339. The lowest BCUT2D eigenvalue weighted by atomic mass is 10.0. The summed E-state index contributed by atoms with van der Waals surface area (Å²) in [6.45, 7) is 5.10. The van der Waals surface area contributed by atoms with Crippen molar-refractivity contribution in [2.75, 3.05) is 53.7 Å². The number of hydrogen-bond acceptors (Lipinski definition) is 9. The van der Waals surface area contributed by atoms with Crippen LogP contribution in [-0.4, -0.2) is 53.7 Å². The Hall–Kier alpha value is -4.89. The third kappa shape index (κ3) is 15.2. The number of unbranched alkanes of at least 4 members (excludes halogenated alkanes) is 4. The van der Waals surface area contributed by atoms with Crippen molar-refractivity contribution in [3.63, 3.8) is 0 Å². The normalized spacial score (nSPS) is 11.4. The first-order valence-electron chi connectivity index (χ1n) is 22.3. The number of aryl methyl sites for hydroxylation is 2. The van der Waals surface area contributed by atoms with Crippen LogP contribution in [0.15, 0.2) is 121 Å². The lowest BCUT2D eigenvalue weighted by Crippen LogP contribution is -2.16. The predicted octanol–water partition coefficient (Wildman–Crippen LogP) is 11.7. The van der Waals surface area contributed by atoms with Crippen molar-refractivity contribution in [2.24, 2.45) is 0 Å². The van der Waals surface area contributed by atoms with E-state index in [9.17, 15) is 4.57 Å². The number of methoxy groups -OCH3 is 2. The monoisotopic (exact) mass is 860 g/mol. The Bertz CT molecular complexity index is 2110. The van der Waals surface area contributed by atoms with Crippen LogP contribution < -0.4 is 29.6 Å². The maximum absolute atomic E-state index is 12.4. The highest BCUT2D eigenvalue weighted by atomic mass is 31.1. The van der Waals surface area contributed by atoms with Gasteiger partial charge in [0.15, 0.2) is 0 Å². The Kier molecular flexibility index (Phi) is 20.0. The van der Waals surface area contributed by atoms with Gasteiger partial charge < -0.3 is 38.6 Å². The molecule has 0 fully saturated rings. The largest absolute Gasteiger partial charge is 0.497 e. The molecular weight excluding hydrogens is 796 g/mol. The van der Waals surface area contributed by atoms with Crippen LogP contribution in [0.1, 0.15) is 73.6 Å². The number of hydrogen-bond donors (Lipinski definition) is 2. The molecule has 0 unspecified atom stereocenters. The molecule has 6 aromatic carbocycles. The van der Waals surface area contributed by atoms with E-state index in [0.29, 0.717) is 26.4 Å². The summed E-state index contributed by atoms with van der Waals surface area (Å²) >= 11 is 0. The average molecular weight is 861 g/mol. The van der Waals surface area contributed by atoms with Crippen LogP contribution in [0.3, 0.4) is 0 Å². The van der Waals surface area contributed by atoms with E-state index in [0.717, 1.165) is 124 Å². The maximum Gasteiger partial charge on any atom is 0.319 e. The molecule has 0 saturated carbocycles. The minimum absolute atomic E-state index is 0.382. The molecule has 0 aliphatic carbocycles. The molecule has 2 N–H and O–H groups in total. The summed E-state index contributed by atoms with van der Waals surface area (Å²) in [7, 11) is 0.884. The molecule has 9 nitrogen and oxygen atoms in total. The molecule has 0 atom stereocenters. The second-order valence-electron chi connectivity index (χ2n) is 15.6. The van der Waals surface area contributed by atoms with E-state index >= 15 is 0 Å². The summed E-state index contributed by atoms with van der Waals surface area (Å²) < 4.78 is 46.6. The van der Waals surface area contributed by atoms with Crippen LogP contribution in [0, 0.1) is 0 Å². The smallest absolute Gasteiger partial charge is 0.319 e. The minimum Gasteiger partial charge on any atom is -0.497 e. The molecule has 10 heteroatoms. The molecule has 0 spiro atoms. The first-order valence-corrected chi connectivity index (χ1v) is 23.6. The first kappa shape index (κ1) is 46.6. The summed E-state index contributed by atoms with van der Waals surface area (Å²) in [5, 5.41) is 11.7. The van der Waals surface area contributed by atoms with Crippen molar-refractivity contribution in [3.05, 3.63) is 144 Å². The molecule has 0 heterocycles. The van der Waals surface area contributed by atoms with E-state index in [2.05, 4.69) is 108 Å². The standard InChI is InChI=1S/C52H65N2O7P/c1-56-45-21-13-19-41(37-45)17-5-3-11-33-58-51-29-27-43(47-23-7-9-25-49(47)51)39-53-31-15-35-60-62(55)61-36-16-32-54-40-44-28-30-52(50-26-10-8-24-48(44)50)59-34-12-4-6-18-42-20-14-22-46(38-42)57-2/h7-10,13-14,19-30,37-38,53-54,62H,3-6,11-12,15-18,31-36,39-40H2,1-2H3. The van der Waals surface area contributed by atoms with Crippen molar-refractivity contribution in [2.45, 2.75) is 77.3 Å². The van der Waals surface area contributed by atoms with E-state index in [1.54, 1.807) is 14.2 Å². The zero-order chi connectivity index (χ0) is 43.0. The third-order valence-electron chi connectivity index (χ3n) is 11.0. The van der Waals surface area contributed by atoms with Gasteiger partial charge in [0.05, 0.1) is 40.6 Å². The molecule has 62 heavy (non-hydrogen) atoms. The second-order valence-corrected chi connectivity index (χ2v) is 16.6. The van der Waals surface area contributed by atoms with Gasteiger partial charge in [-0.2, -0.15) is 0 Å². The predicted molar refractivity (Wildman–Crippen MR) is 254 cm³/mol. The zero-order valence-corrected chi connectivity index (χ0v) is 37.6. The lowest BCUT2D eigenvalue weighted by Gasteiger charge is -2.14. The third-order valence-corrected chi connectivity index (χ3v) is 11.9. The van der Waals surface area contributed by atoms with E-state index in [4.69, 9.17) is 28.0 Å². The van der Waals surface area contributed by atoms with Crippen LogP contribution in [0.5, 0.6) is 23.0 Å². The fraction of sp³-hybridized carbons (Fsp3) is 0.385. The number of rotatable bonds is 30. The van der Waals surface area contributed by atoms with Crippen LogP contribution >= 0.6 is 8.25 Å². The van der Waals surface area contributed by atoms with Crippen LogP contribution in [0.2, 0.25) is 0 Å². The topological polar surface area (TPSA) is 96.5 Å². The summed E-state index contributed by atoms with van der Waals surface area (Å²) in [5.41, 5.74) is 5.05. The summed E-state index contributed by atoms with van der Waals surface area (Å²) in [6.07, 6.45) is 10.0. The molecule has 6 aromatic rings. The van der Waals surface area contributed by atoms with Gasteiger partial charge in [-0.25, -0.2) is 0 Å². The Morgan fingerprint density at radius 1 is 0.452 bits per heavy atom. The van der Waals surface area contributed by atoms with E-state index in [1.807, 2.05) is 24.3 Å². The molecule has 0 saturated heterocycles. The van der Waals surface area contributed by atoms with Gasteiger partial charge in [-0.15, -0.1) is 0 Å². The minimum atomic E-state index is -2.53. The molecule has 0 aliphatic rings. The zero-order valence-electron chi connectivity index (χ0n) is 36.6. The fourth-order valence-corrected chi connectivity index (χ4v) is 8.36. The molecule has 6 rings (SSSR count). The molecular formula is C52H65N2O7P. The molecule has 330 valence electrons. The van der Waals surface area contributed by atoms with Crippen molar-refractivity contribution in [3.8, 4) is 23.0 Å². The van der Waals surface area contributed by atoms with Crippen molar-refractivity contribution < 1.29 is 32.6 Å². The number of ether oxygens (including phenoxy) is 4. The van der Waals surface area contributed by atoms with Gasteiger partial charge in [-0.05, 0) is 147 Å². The highest BCUT2D eigenvalue weighted by Gasteiger charge is 2.09. The Morgan fingerprint density at radius 3 is 1.35 bits per heavy atom. The number of nitrogens with one attached hydrogen (secondary N) is 2.